The van der Waals surface area contributed by atoms with E-state index in [0.717, 1.165) is 16.8 Å². The number of halogens is 1. The Hall–Kier alpha value is -4.28. The van der Waals surface area contributed by atoms with Crippen LogP contribution in [0.3, 0.4) is 0 Å². The van der Waals surface area contributed by atoms with E-state index >= 15 is 0 Å². The maximum absolute atomic E-state index is 14.6. The largest absolute Gasteiger partial charge is 0.352 e. The van der Waals surface area contributed by atoms with E-state index in [2.05, 4.69) is 0 Å². The molecule has 2 aliphatic heterocycles. The fourth-order valence-corrected chi connectivity index (χ4v) is 7.00. The van der Waals surface area contributed by atoms with E-state index in [-0.39, 0.29) is 17.3 Å². The maximum Gasteiger partial charge on any atom is 0.187 e. The van der Waals surface area contributed by atoms with E-state index in [9.17, 15) is 14.4 Å². The molecule has 1 saturated heterocycles. The number of carbonyl (C=O) groups excluding carboxylic acids is 3. The van der Waals surface area contributed by atoms with Crippen LogP contribution in [-0.2, 0) is 0 Å². The quantitative estimate of drug-likeness (QED) is 0.226. The van der Waals surface area contributed by atoms with Crippen LogP contribution >= 0.6 is 11.6 Å². The summed E-state index contributed by atoms with van der Waals surface area (Å²) in [6, 6.07) is 29.8. The average molecular weight is 516 g/mol. The fourth-order valence-electron chi connectivity index (χ4n) is 6.77. The Morgan fingerprint density at radius 2 is 1.34 bits per heavy atom. The highest BCUT2D eigenvalue weighted by molar-refractivity contribution is 6.35. The molecule has 0 saturated carbocycles. The molecule has 0 bridgehead atoms. The third-order valence-corrected chi connectivity index (χ3v) is 8.61. The summed E-state index contributed by atoms with van der Waals surface area (Å²) in [5.74, 6) is -1.42. The van der Waals surface area contributed by atoms with Crippen LogP contribution in [-0.4, -0.2) is 29.4 Å². The minimum absolute atomic E-state index is 0.215. The fraction of sp³-hybridized carbons (Fsp3) is 0.121. The molecular weight excluding hydrogens is 494 g/mol. The number of Topliss-reactive ketones (excluding diaryl/α,β-unsaturated/α-hetero) is 3. The van der Waals surface area contributed by atoms with E-state index in [1.54, 1.807) is 48.5 Å². The van der Waals surface area contributed by atoms with Gasteiger partial charge in [0.05, 0.1) is 11.1 Å². The zero-order valence-electron chi connectivity index (χ0n) is 20.3. The second-order valence-corrected chi connectivity index (χ2v) is 10.4. The second-order valence-electron chi connectivity index (χ2n) is 10.0. The highest BCUT2D eigenvalue weighted by Crippen LogP contribution is 2.61. The highest BCUT2D eigenvalue weighted by Gasteiger charge is 2.71. The number of hydrogen-bond acceptors (Lipinski definition) is 4. The van der Waals surface area contributed by atoms with Crippen molar-refractivity contribution in [3.8, 4) is 0 Å². The molecule has 4 nitrogen and oxygen atoms in total. The van der Waals surface area contributed by atoms with Gasteiger partial charge in [0.1, 0.15) is 11.5 Å². The molecule has 1 aliphatic carbocycles. The van der Waals surface area contributed by atoms with Crippen LogP contribution in [0.15, 0.2) is 109 Å². The first kappa shape index (κ1) is 22.9. The Morgan fingerprint density at radius 1 is 0.737 bits per heavy atom. The van der Waals surface area contributed by atoms with Gasteiger partial charge in [-0.3, -0.25) is 14.4 Å². The molecule has 4 aromatic rings. The number of benzene rings is 4. The Kier molecular flexibility index (Phi) is 5.04. The molecular formula is C33H22ClNO3. The van der Waals surface area contributed by atoms with E-state index in [4.69, 9.17) is 11.6 Å². The standard InChI is InChI=1S/C33H22ClNO3/c34-25-16-8-7-15-24(25)30(36)29-28(21-11-2-1-3-12-21)33(31(37)22-13-5-6-14-23(22)32(33)38)27-19-18-20-10-4-9-17-26(20)35(27)29/h1-19,27-29H/t27?,28-,29+/m0/s1. The maximum atomic E-state index is 14.6. The summed E-state index contributed by atoms with van der Waals surface area (Å²) in [5, 5.41) is 0.343. The minimum Gasteiger partial charge on any atom is -0.352 e. The third-order valence-electron chi connectivity index (χ3n) is 8.28. The molecule has 1 unspecified atom stereocenters. The average Bonchev–Trinajstić information content (AvgIpc) is 3.40. The van der Waals surface area contributed by atoms with Crippen LogP contribution in [0, 0.1) is 5.41 Å². The number of carbonyl (C=O) groups is 3. The van der Waals surface area contributed by atoms with Gasteiger partial charge in [0.25, 0.3) is 0 Å². The Bertz CT molecular complexity index is 1640. The van der Waals surface area contributed by atoms with Gasteiger partial charge in [0.15, 0.2) is 17.3 Å². The molecule has 7 rings (SSSR count). The first-order valence-electron chi connectivity index (χ1n) is 12.6. The van der Waals surface area contributed by atoms with Gasteiger partial charge in [-0.05, 0) is 29.3 Å². The SMILES string of the molecule is O=C(c1ccccc1Cl)[C@H]1[C@H](c2ccccc2)C2(C(=O)c3ccccc3C2=O)C2C=Cc3ccccc3N21. The summed E-state index contributed by atoms with van der Waals surface area (Å²) in [6.45, 7) is 0. The topological polar surface area (TPSA) is 54.5 Å². The number of hydrogen-bond donors (Lipinski definition) is 0. The van der Waals surface area contributed by atoms with Gasteiger partial charge in [-0.15, -0.1) is 0 Å². The van der Waals surface area contributed by atoms with Crippen molar-refractivity contribution in [3.63, 3.8) is 0 Å². The molecule has 4 aromatic carbocycles. The van der Waals surface area contributed by atoms with Crippen LogP contribution in [0.5, 0.6) is 0 Å². The van der Waals surface area contributed by atoms with Gasteiger partial charge in [-0.25, -0.2) is 0 Å². The summed E-state index contributed by atoms with van der Waals surface area (Å²) in [5.41, 5.74) is 2.22. The zero-order valence-corrected chi connectivity index (χ0v) is 21.0. The number of fused-ring (bicyclic) bond motifs is 5. The summed E-state index contributed by atoms with van der Waals surface area (Å²) in [4.78, 5) is 45.6. The van der Waals surface area contributed by atoms with Gasteiger partial charge in [-0.2, -0.15) is 0 Å². The molecule has 2 heterocycles. The number of ketones is 3. The van der Waals surface area contributed by atoms with E-state index in [0.29, 0.717) is 21.7 Å². The first-order valence-corrected chi connectivity index (χ1v) is 13.0. The third kappa shape index (κ3) is 2.89. The lowest BCUT2D eigenvalue weighted by atomic mass is 9.64. The van der Waals surface area contributed by atoms with Crippen molar-refractivity contribution in [1.82, 2.24) is 0 Å². The normalized spacial score (nSPS) is 22.3. The second kappa shape index (κ2) is 8.37. The smallest absolute Gasteiger partial charge is 0.187 e. The van der Waals surface area contributed by atoms with Crippen molar-refractivity contribution < 1.29 is 14.4 Å². The van der Waals surface area contributed by atoms with Gasteiger partial charge in [0.2, 0.25) is 0 Å². The Morgan fingerprint density at radius 3 is 2.05 bits per heavy atom. The van der Waals surface area contributed by atoms with Crippen molar-refractivity contribution >= 4 is 40.7 Å². The lowest BCUT2D eigenvalue weighted by molar-refractivity contribution is 0.0666. The van der Waals surface area contributed by atoms with Crippen molar-refractivity contribution in [3.05, 3.63) is 142 Å². The molecule has 3 atom stereocenters. The summed E-state index contributed by atoms with van der Waals surface area (Å²) >= 11 is 6.56. The number of rotatable bonds is 3. The van der Waals surface area contributed by atoms with Gasteiger partial charge < -0.3 is 4.90 Å². The van der Waals surface area contributed by atoms with Crippen LogP contribution < -0.4 is 4.90 Å². The molecule has 5 heteroatoms. The number of para-hydroxylation sites is 1. The lowest BCUT2D eigenvalue weighted by Gasteiger charge is -2.37. The van der Waals surface area contributed by atoms with Crippen LogP contribution in [0.4, 0.5) is 5.69 Å². The Labute approximate surface area is 225 Å². The predicted octanol–water partition coefficient (Wildman–Crippen LogP) is 6.66. The van der Waals surface area contributed by atoms with Crippen molar-refractivity contribution in [2.75, 3.05) is 4.90 Å². The predicted molar refractivity (Wildman–Crippen MR) is 148 cm³/mol. The zero-order chi connectivity index (χ0) is 26.0. The van der Waals surface area contributed by atoms with E-state index in [1.807, 2.05) is 71.6 Å². The van der Waals surface area contributed by atoms with Crippen LogP contribution in [0.25, 0.3) is 6.08 Å². The first-order chi connectivity index (χ1) is 18.5. The van der Waals surface area contributed by atoms with Crippen molar-refractivity contribution in [1.29, 1.82) is 0 Å². The van der Waals surface area contributed by atoms with Crippen LogP contribution in [0.2, 0.25) is 5.02 Å². The molecule has 0 N–H and O–H groups in total. The molecule has 0 radical (unpaired) electrons. The molecule has 1 fully saturated rings. The van der Waals surface area contributed by atoms with E-state index in [1.165, 1.54) is 0 Å². The van der Waals surface area contributed by atoms with Gasteiger partial charge in [0, 0.05) is 28.3 Å². The Balaban J connectivity index is 1.56. The monoisotopic (exact) mass is 515 g/mol. The van der Waals surface area contributed by atoms with E-state index < -0.39 is 23.4 Å². The van der Waals surface area contributed by atoms with Crippen LogP contribution in [0.1, 0.15) is 48.1 Å². The summed E-state index contributed by atoms with van der Waals surface area (Å²) in [7, 11) is 0. The van der Waals surface area contributed by atoms with Crippen molar-refractivity contribution in [2.24, 2.45) is 5.41 Å². The number of anilines is 1. The summed E-state index contributed by atoms with van der Waals surface area (Å²) < 4.78 is 0. The molecule has 0 amide bonds. The van der Waals surface area contributed by atoms with Gasteiger partial charge in [-0.1, -0.05) is 109 Å². The minimum atomic E-state index is -1.50. The molecule has 1 spiro atoms. The number of nitrogens with zero attached hydrogens (tertiary/aromatic N) is 1. The van der Waals surface area contributed by atoms with Crippen molar-refractivity contribution in [2.45, 2.75) is 18.0 Å². The molecule has 0 aromatic heterocycles. The van der Waals surface area contributed by atoms with Gasteiger partial charge >= 0.3 is 0 Å². The lowest BCUT2D eigenvalue weighted by Crippen LogP contribution is -2.48. The molecule has 38 heavy (non-hydrogen) atoms. The summed E-state index contributed by atoms with van der Waals surface area (Å²) in [6.07, 6.45) is 3.89. The molecule has 184 valence electrons. The highest BCUT2D eigenvalue weighted by atomic mass is 35.5. The molecule has 3 aliphatic rings.